The third-order valence-electron chi connectivity index (χ3n) is 4.84. The Morgan fingerprint density at radius 2 is 2.03 bits per heavy atom. The van der Waals surface area contributed by atoms with Gasteiger partial charge in [0, 0.05) is 55.0 Å². The van der Waals surface area contributed by atoms with E-state index >= 15 is 0 Å². The van der Waals surface area contributed by atoms with Gasteiger partial charge in [0.15, 0.2) is 0 Å². The Morgan fingerprint density at radius 3 is 2.82 bits per heavy atom. The van der Waals surface area contributed by atoms with Crippen molar-refractivity contribution in [1.29, 1.82) is 0 Å². The van der Waals surface area contributed by atoms with Gasteiger partial charge in [-0.1, -0.05) is 6.07 Å². The number of likely N-dealkylation sites (tertiary alicyclic amines) is 1. The highest BCUT2D eigenvalue weighted by Gasteiger charge is 2.20. The van der Waals surface area contributed by atoms with E-state index in [1.807, 2.05) is 0 Å². The minimum atomic E-state index is -2.89. The van der Waals surface area contributed by atoms with Crippen LogP contribution in [-0.2, 0) is 4.79 Å². The Morgan fingerprint density at radius 1 is 1.18 bits per heavy atom. The number of allylic oxidation sites excluding steroid dienone is 1. The molecule has 0 saturated carbocycles. The van der Waals surface area contributed by atoms with E-state index < -0.39 is 6.61 Å². The zero-order chi connectivity index (χ0) is 23.0. The number of aldehydes is 1. The Labute approximate surface area is 188 Å². The van der Waals surface area contributed by atoms with E-state index in [1.165, 1.54) is 18.2 Å². The normalized spacial score (nSPS) is 15.7. The molecule has 0 spiro atoms. The highest BCUT2D eigenvalue weighted by atomic mass is 19.3. The first-order valence-electron chi connectivity index (χ1n) is 10.2. The maximum atomic E-state index is 12.4. The summed E-state index contributed by atoms with van der Waals surface area (Å²) >= 11 is 0. The molecule has 3 heterocycles. The number of anilines is 3. The smallest absolute Gasteiger partial charge is 0.387 e. The molecule has 3 aromatic rings. The van der Waals surface area contributed by atoms with Crippen molar-refractivity contribution in [2.24, 2.45) is 0 Å². The standard InChI is InChI=1S/C22H21F2N7O2/c23-21(24)33-18-4-1-3-16(9-18)29-22-26-10-15(11-27-22)19-12-25-13-20(30-19)28-17-5-7-31(14-17)6-2-8-32/h1-4,6,8-13,17,21H,5,7,14H2,(H,28,30)(H,26,27,29)/t17-/m0/s1. The number of carbonyl (C=O) groups is 1. The summed E-state index contributed by atoms with van der Waals surface area (Å²) in [5, 5.41) is 6.31. The number of nitrogens with one attached hydrogen (secondary N) is 2. The lowest BCUT2D eigenvalue weighted by Crippen LogP contribution is -2.23. The van der Waals surface area contributed by atoms with Crippen molar-refractivity contribution in [3.8, 4) is 17.0 Å². The number of hydrogen-bond donors (Lipinski definition) is 2. The van der Waals surface area contributed by atoms with E-state index in [9.17, 15) is 13.6 Å². The molecule has 1 aromatic carbocycles. The molecule has 1 aliphatic heterocycles. The topological polar surface area (TPSA) is 105 Å². The van der Waals surface area contributed by atoms with Crippen molar-refractivity contribution in [2.75, 3.05) is 23.7 Å². The fourth-order valence-electron chi connectivity index (χ4n) is 3.39. The van der Waals surface area contributed by atoms with E-state index in [0.29, 0.717) is 28.7 Å². The van der Waals surface area contributed by atoms with Gasteiger partial charge in [0.2, 0.25) is 5.95 Å². The molecule has 0 aliphatic carbocycles. The van der Waals surface area contributed by atoms with E-state index in [1.54, 1.807) is 43.1 Å². The molecular weight excluding hydrogens is 432 g/mol. The van der Waals surface area contributed by atoms with Gasteiger partial charge in [0.05, 0.1) is 18.1 Å². The van der Waals surface area contributed by atoms with Gasteiger partial charge in [-0.05, 0) is 24.6 Å². The number of alkyl halides is 2. The highest BCUT2D eigenvalue weighted by Crippen LogP contribution is 2.23. The molecule has 1 atom stereocenters. The second-order valence-corrected chi connectivity index (χ2v) is 7.22. The Bertz CT molecular complexity index is 1110. The summed E-state index contributed by atoms with van der Waals surface area (Å²) in [4.78, 5) is 29.9. The van der Waals surface area contributed by atoms with E-state index in [4.69, 9.17) is 0 Å². The minimum absolute atomic E-state index is 0.0383. The van der Waals surface area contributed by atoms with E-state index in [-0.39, 0.29) is 11.8 Å². The van der Waals surface area contributed by atoms with Crippen molar-refractivity contribution in [1.82, 2.24) is 24.8 Å². The van der Waals surface area contributed by atoms with Gasteiger partial charge in [-0.2, -0.15) is 8.78 Å². The zero-order valence-corrected chi connectivity index (χ0v) is 17.4. The van der Waals surface area contributed by atoms with Crippen molar-refractivity contribution in [2.45, 2.75) is 19.1 Å². The number of benzene rings is 1. The molecule has 4 rings (SSSR count). The number of rotatable bonds is 9. The summed E-state index contributed by atoms with van der Waals surface area (Å²) in [6.45, 7) is -1.27. The molecule has 2 aromatic heterocycles. The van der Waals surface area contributed by atoms with Crippen molar-refractivity contribution >= 4 is 23.7 Å². The molecule has 1 saturated heterocycles. The summed E-state index contributed by atoms with van der Waals surface area (Å²) in [5.41, 5.74) is 1.79. The lowest BCUT2D eigenvalue weighted by molar-refractivity contribution is -0.104. The quantitative estimate of drug-likeness (QED) is 0.372. The first-order valence-corrected chi connectivity index (χ1v) is 10.2. The second-order valence-electron chi connectivity index (χ2n) is 7.22. The minimum Gasteiger partial charge on any atom is -0.435 e. The van der Waals surface area contributed by atoms with Crippen LogP contribution in [0.5, 0.6) is 5.75 Å². The Kier molecular flexibility index (Phi) is 6.98. The third kappa shape index (κ3) is 6.19. The van der Waals surface area contributed by atoms with Crippen LogP contribution in [0.25, 0.3) is 11.3 Å². The molecule has 0 unspecified atom stereocenters. The van der Waals surface area contributed by atoms with Gasteiger partial charge in [-0.25, -0.2) is 15.0 Å². The Balaban J connectivity index is 1.39. The van der Waals surface area contributed by atoms with Gasteiger partial charge in [0.25, 0.3) is 0 Å². The van der Waals surface area contributed by atoms with Gasteiger partial charge < -0.3 is 20.3 Å². The average molecular weight is 453 g/mol. The predicted octanol–water partition coefficient (Wildman–Crippen LogP) is 3.48. The first kappa shape index (κ1) is 22.1. The van der Waals surface area contributed by atoms with Crippen molar-refractivity contribution < 1.29 is 18.3 Å². The number of hydrogen-bond acceptors (Lipinski definition) is 9. The van der Waals surface area contributed by atoms with Crippen LogP contribution in [-0.4, -0.2) is 56.9 Å². The molecular formula is C22H21F2N7O2. The first-order chi connectivity index (χ1) is 16.1. The number of ether oxygens (including phenoxy) is 1. The fourth-order valence-corrected chi connectivity index (χ4v) is 3.39. The van der Waals surface area contributed by atoms with Crippen LogP contribution in [0.15, 0.2) is 61.3 Å². The molecule has 2 N–H and O–H groups in total. The molecule has 33 heavy (non-hydrogen) atoms. The van der Waals surface area contributed by atoms with Crippen molar-refractivity contribution in [3.05, 3.63) is 61.3 Å². The summed E-state index contributed by atoms with van der Waals surface area (Å²) in [6.07, 6.45) is 11.4. The zero-order valence-electron chi connectivity index (χ0n) is 17.4. The van der Waals surface area contributed by atoms with Gasteiger partial charge in [-0.3, -0.25) is 9.78 Å². The maximum Gasteiger partial charge on any atom is 0.387 e. The molecule has 9 nitrogen and oxygen atoms in total. The SMILES string of the molecule is O=CC=CN1CC[C@H](Nc2cncc(-c3cnc(Nc4cccc(OC(F)F)c4)nc3)n2)C1. The highest BCUT2D eigenvalue weighted by molar-refractivity contribution is 5.64. The molecule has 0 amide bonds. The number of halogens is 2. The van der Waals surface area contributed by atoms with Crippen LogP contribution in [0.2, 0.25) is 0 Å². The number of carbonyl (C=O) groups excluding carboxylic acids is 1. The van der Waals surface area contributed by atoms with Crippen molar-refractivity contribution in [3.63, 3.8) is 0 Å². The van der Waals surface area contributed by atoms with Crippen LogP contribution in [0, 0.1) is 0 Å². The summed E-state index contributed by atoms with van der Waals surface area (Å²) in [7, 11) is 0. The summed E-state index contributed by atoms with van der Waals surface area (Å²) < 4.78 is 29.2. The average Bonchev–Trinajstić information content (AvgIpc) is 3.25. The molecule has 1 fully saturated rings. The van der Waals surface area contributed by atoms with Crippen LogP contribution in [0.1, 0.15) is 6.42 Å². The monoisotopic (exact) mass is 453 g/mol. The Hall–Kier alpha value is -4.15. The van der Waals surface area contributed by atoms with E-state index in [0.717, 1.165) is 25.8 Å². The largest absolute Gasteiger partial charge is 0.435 e. The lowest BCUT2D eigenvalue weighted by Gasteiger charge is -2.15. The molecule has 1 aliphatic rings. The molecule has 170 valence electrons. The molecule has 11 heteroatoms. The molecule has 0 bridgehead atoms. The summed E-state index contributed by atoms with van der Waals surface area (Å²) in [6, 6.07) is 6.34. The van der Waals surface area contributed by atoms with Gasteiger partial charge in [-0.15, -0.1) is 0 Å². The fraction of sp³-hybridized carbons (Fsp3) is 0.227. The lowest BCUT2D eigenvalue weighted by atomic mass is 10.2. The van der Waals surface area contributed by atoms with E-state index in [2.05, 4.69) is 40.2 Å². The molecule has 0 radical (unpaired) electrons. The second kappa shape index (κ2) is 10.4. The summed E-state index contributed by atoms with van der Waals surface area (Å²) in [5.74, 6) is 0.970. The predicted molar refractivity (Wildman–Crippen MR) is 118 cm³/mol. The third-order valence-corrected chi connectivity index (χ3v) is 4.84. The van der Waals surface area contributed by atoms with Gasteiger partial charge in [0.1, 0.15) is 17.9 Å². The maximum absolute atomic E-state index is 12.4. The van der Waals surface area contributed by atoms with Crippen LogP contribution in [0.3, 0.4) is 0 Å². The van der Waals surface area contributed by atoms with Crippen LogP contribution < -0.4 is 15.4 Å². The van der Waals surface area contributed by atoms with Crippen LogP contribution >= 0.6 is 0 Å². The number of nitrogens with zero attached hydrogens (tertiary/aromatic N) is 5. The number of aromatic nitrogens is 4. The van der Waals surface area contributed by atoms with Gasteiger partial charge >= 0.3 is 6.61 Å². The van der Waals surface area contributed by atoms with Crippen LogP contribution in [0.4, 0.5) is 26.2 Å².